The Labute approximate surface area is 135 Å². The van der Waals surface area contributed by atoms with Crippen LogP contribution in [0.2, 0.25) is 0 Å². The molecule has 128 valence electrons. The molecule has 0 saturated carbocycles. The first kappa shape index (κ1) is 17.7. The van der Waals surface area contributed by atoms with Gasteiger partial charge in [-0.25, -0.2) is 0 Å². The number of aliphatic hydroxyl groups excluding tert-OH is 3. The Hall–Kier alpha value is -1.63. The summed E-state index contributed by atoms with van der Waals surface area (Å²) < 4.78 is 6.69. The van der Waals surface area contributed by atoms with Crippen LogP contribution in [0.1, 0.15) is 6.23 Å². The molecule has 1 unspecified atom stereocenters. The average Bonchev–Trinajstić information content (AvgIpc) is 2.75. The van der Waals surface area contributed by atoms with Crippen molar-refractivity contribution in [1.82, 2.24) is 14.9 Å². The molecule has 11 heteroatoms. The van der Waals surface area contributed by atoms with Crippen LogP contribution in [0.4, 0.5) is 0 Å². The number of ether oxygens (including phenoxy) is 1. The highest BCUT2D eigenvalue weighted by Crippen LogP contribution is 2.30. The van der Waals surface area contributed by atoms with E-state index in [1.54, 1.807) is 0 Å². The monoisotopic (exact) mass is 347 g/mol. The summed E-state index contributed by atoms with van der Waals surface area (Å²) in [6, 6.07) is 1.18. The molecule has 1 fully saturated rings. The van der Waals surface area contributed by atoms with E-state index in [1.165, 1.54) is 16.8 Å². The van der Waals surface area contributed by atoms with E-state index in [0.717, 1.165) is 0 Å². The minimum atomic E-state index is -1.41. The summed E-state index contributed by atoms with van der Waals surface area (Å²) in [7, 11) is 0. The fourth-order valence-electron chi connectivity index (χ4n) is 2.30. The van der Waals surface area contributed by atoms with Crippen molar-refractivity contribution in [2.45, 2.75) is 30.6 Å². The third-order valence-electron chi connectivity index (χ3n) is 3.41. The first-order valence-corrected chi connectivity index (χ1v) is 7.15. The van der Waals surface area contributed by atoms with Crippen molar-refractivity contribution in [3.63, 3.8) is 0 Å². The van der Waals surface area contributed by atoms with Gasteiger partial charge in [-0.15, -0.1) is 0 Å². The van der Waals surface area contributed by atoms with Gasteiger partial charge in [-0.2, -0.15) is 0 Å². The van der Waals surface area contributed by atoms with E-state index >= 15 is 0 Å². The first-order valence-electron chi connectivity index (χ1n) is 6.75. The Bertz CT molecular complexity index is 675. The van der Waals surface area contributed by atoms with Crippen LogP contribution < -0.4 is 10.9 Å². The van der Waals surface area contributed by atoms with Crippen molar-refractivity contribution in [1.29, 1.82) is 0 Å². The van der Waals surface area contributed by atoms with Crippen molar-refractivity contribution in [2.24, 2.45) is 0 Å². The van der Waals surface area contributed by atoms with Gasteiger partial charge in [-0.3, -0.25) is 19.1 Å². The number of carboxylic acids is 1. The molecular weight excluding hydrogens is 330 g/mol. The number of nitrogens with one attached hydrogen (secondary N) is 2. The maximum absolute atomic E-state index is 11.2. The molecule has 6 N–H and O–H groups in total. The third kappa shape index (κ3) is 4.02. The highest BCUT2D eigenvalue weighted by atomic mass is 32.1. The maximum atomic E-state index is 11.2. The summed E-state index contributed by atoms with van der Waals surface area (Å²) in [5.74, 6) is -1.09. The van der Waals surface area contributed by atoms with E-state index in [-0.39, 0.29) is 17.9 Å². The zero-order chi connectivity index (χ0) is 17.1. The number of hydrogen-bond donors (Lipinski definition) is 6. The molecule has 23 heavy (non-hydrogen) atoms. The Morgan fingerprint density at radius 2 is 2.17 bits per heavy atom. The molecule has 0 bridgehead atoms. The van der Waals surface area contributed by atoms with E-state index in [0.29, 0.717) is 0 Å². The van der Waals surface area contributed by atoms with E-state index in [9.17, 15) is 24.9 Å². The lowest BCUT2D eigenvalue weighted by Gasteiger charge is -2.21. The lowest BCUT2D eigenvalue weighted by atomic mass is 10.1. The van der Waals surface area contributed by atoms with Crippen LogP contribution in [0.25, 0.3) is 0 Å². The topological polar surface area (TPSA) is 157 Å². The van der Waals surface area contributed by atoms with Gasteiger partial charge in [0.2, 0.25) is 0 Å². The molecule has 1 aliphatic heterocycles. The van der Waals surface area contributed by atoms with Crippen LogP contribution in [-0.2, 0) is 9.53 Å². The van der Waals surface area contributed by atoms with Gasteiger partial charge in [0.25, 0.3) is 5.56 Å². The Morgan fingerprint density at radius 1 is 1.48 bits per heavy atom. The average molecular weight is 347 g/mol. The van der Waals surface area contributed by atoms with Gasteiger partial charge < -0.3 is 30.5 Å². The first-order chi connectivity index (χ1) is 10.8. The van der Waals surface area contributed by atoms with Gasteiger partial charge in [0, 0.05) is 18.8 Å². The van der Waals surface area contributed by atoms with Gasteiger partial charge in [-0.05, 0) is 12.2 Å². The molecule has 1 saturated heterocycles. The van der Waals surface area contributed by atoms with Crippen molar-refractivity contribution >= 4 is 18.2 Å². The normalized spacial score (nSPS) is 28.7. The molecule has 1 aromatic heterocycles. The second kappa shape index (κ2) is 7.29. The zero-order valence-corrected chi connectivity index (χ0v) is 12.6. The second-order valence-corrected chi connectivity index (χ2v) is 5.47. The van der Waals surface area contributed by atoms with E-state index in [4.69, 9.17) is 22.1 Å². The lowest BCUT2D eigenvalue weighted by molar-refractivity contribution is -0.136. The summed E-state index contributed by atoms with van der Waals surface area (Å²) >= 11 is 4.97. The number of rotatable bonds is 6. The number of nitrogens with zero attached hydrogens (tertiary/aromatic N) is 1. The van der Waals surface area contributed by atoms with Crippen molar-refractivity contribution in [2.75, 3.05) is 13.1 Å². The molecule has 1 aromatic rings. The number of carboxylic acid groups (broad SMARTS) is 1. The zero-order valence-electron chi connectivity index (χ0n) is 11.8. The van der Waals surface area contributed by atoms with Gasteiger partial charge in [0.15, 0.2) is 11.0 Å². The minimum absolute atomic E-state index is 0.00658. The molecular formula is C12H17N3O7S. The Kier molecular flexibility index (Phi) is 5.62. The molecule has 1 aliphatic rings. The van der Waals surface area contributed by atoms with Crippen LogP contribution in [0.3, 0.4) is 0 Å². The third-order valence-corrected chi connectivity index (χ3v) is 3.72. The predicted octanol–water partition coefficient (Wildman–Crippen LogP) is -2.44. The lowest BCUT2D eigenvalue weighted by Crippen LogP contribution is -2.44. The molecule has 0 spiro atoms. The van der Waals surface area contributed by atoms with Crippen LogP contribution >= 0.6 is 12.2 Å². The molecule has 0 aliphatic carbocycles. The SMILES string of the molecule is O=C(O)CNCC(O)[C@H]1O[C@@H](n2ccc(=O)[nH]c2=S)[C@H](O)[C@@H]1O. The molecule has 0 aromatic carbocycles. The van der Waals surface area contributed by atoms with Gasteiger partial charge in [0.1, 0.15) is 18.3 Å². The molecule has 2 heterocycles. The molecule has 5 atom stereocenters. The van der Waals surface area contributed by atoms with E-state index in [1.807, 2.05) is 0 Å². The number of aromatic nitrogens is 2. The highest BCUT2D eigenvalue weighted by Gasteiger charge is 2.46. The standard InChI is InChI=1S/C12H17N3O7S/c16-5(3-13-4-7(18)19)10-8(20)9(21)11(22-10)15-2-1-6(17)14-12(15)23/h1-2,5,8-11,13,16,20-21H,3-4H2,(H,18,19)(H,14,17,23)/t5?,8-,9+,10+,11+/m0/s1. The number of H-pyrrole nitrogens is 1. The molecule has 10 nitrogen and oxygen atoms in total. The predicted molar refractivity (Wildman–Crippen MR) is 78.3 cm³/mol. The summed E-state index contributed by atoms with van der Waals surface area (Å²) in [6.45, 7) is -0.513. The van der Waals surface area contributed by atoms with Gasteiger partial charge in [-0.1, -0.05) is 0 Å². The summed E-state index contributed by atoms with van der Waals surface area (Å²) in [4.78, 5) is 23.9. The van der Waals surface area contributed by atoms with Crippen LogP contribution in [0, 0.1) is 4.77 Å². The van der Waals surface area contributed by atoms with Crippen molar-refractivity contribution in [3.8, 4) is 0 Å². The van der Waals surface area contributed by atoms with Crippen LogP contribution in [0.5, 0.6) is 0 Å². The number of carbonyl (C=O) groups is 1. The van der Waals surface area contributed by atoms with Crippen molar-refractivity contribution in [3.05, 3.63) is 27.4 Å². The number of hydrogen-bond acceptors (Lipinski definition) is 8. The smallest absolute Gasteiger partial charge is 0.317 e. The van der Waals surface area contributed by atoms with Gasteiger partial charge >= 0.3 is 5.97 Å². The van der Waals surface area contributed by atoms with E-state index < -0.39 is 42.2 Å². The number of aliphatic hydroxyl groups is 3. The van der Waals surface area contributed by atoms with Gasteiger partial charge in [0.05, 0.1) is 12.6 Å². The fraction of sp³-hybridized carbons (Fsp3) is 0.583. The number of aromatic amines is 1. The summed E-state index contributed by atoms with van der Waals surface area (Å²) in [5, 5.41) is 41.1. The van der Waals surface area contributed by atoms with Crippen LogP contribution in [0.15, 0.2) is 17.1 Å². The quantitative estimate of drug-likeness (QED) is 0.308. The Balaban J connectivity index is 2.10. The van der Waals surface area contributed by atoms with Crippen LogP contribution in [-0.4, -0.2) is 73.5 Å². The molecule has 0 amide bonds. The summed E-state index contributed by atoms with van der Waals surface area (Å²) in [5.41, 5.74) is -0.422. The Morgan fingerprint density at radius 3 is 2.78 bits per heavy atom. The fourth-order valence-corrected chi connectivity index (χ4v) is 2.57. The highest BCUT2D eigenvalue weighted by molar-refractivity contribution is 7.71. The molecule has 0 radical (unpaired) electrons. The summed E-state index contributed by atoms with van der Waals surface area (Å²) in [6.07, 6.45) is -4.97. The second-order valence-electron chi connectivity index (χ2n) is 5.08. The largest absolute Gasteiger partial charge is 0.480 e. The maximum Gasteiger partial charge on any atom is 0.317 e. The molecule has 2 rings (SSSR count). The van der Waals surface area contributed by atoms with Crippen molar-refractivity contribution < 1.29 is 30.0 Å². The van der Waals surface area contributed by atoms with E-state index in [2.05, 4.69) is 10.3 Å². The number of aliphatic carboxylic acids is 1. The minimum Gasteiger partial charge on any atom is -0.480 e.